The molecule has 0 radical (unpaired) electrons. The van der Waals surface area contributed by atoms with Gasteiger partial charge in [0.15, 0.2) is 0 Å². The second-order valence-electron chi connectivity index (χ2n) is 5.27. The smallest absolute Gasteiger partial charge is 0.330 e. The van der Waals surface area contributed by atoms with E-state index in [9.17, 15) is 9.59 Å². The molecule has 6 nitrogen and oxygen atoms in total. The molecule has 3 rings (SSSR count). The molecule has 6 heteroatoms. The van der Waals surface area contributed by atoms with Crippen LogP contribution in [0.1, 0.15) is 21.7 Å². The minimum absolute atomic E-state index is 0.298. The first-order valence-electron chi connectivity index (χ1n) is 6.93. The lowest BCUT2D eigenvalue weighted by Gasteiger charge is -2.21. The number of hydrogen-bond acceptors (Lipinski definition) is 4. The Balaban J connectivity index is 1.98. The zero-order valence-corrected chi connectivity index (χ0v) is 12.3. The molecule has 0 saturated heterocycles. The molecule has 1 unspecified atom stereocenters. The van der Waals surface area contributed by atoms with Gasteiger partial charge in [0, 0.05) is 12.1 Å². The number of aliphatic carboxylic acids is 1. The summed E-state index contributed by atoms with van der Waals surface area (Å²) in [4.78, 5) is 33.9. The van der Waals surface area contributed by atoms with Gasteiger partial charge in [-0.3, -0.25) is 4.79 Å². The standard InChI is InChI=1S/C16H15N3O3/c1-9-10(2)18-13-8-11(5-6-12(13)17-9)15(20)19-7-3-4-14(19)16(21)22/h3-6,8,14H,7H2,1-2H3,(H,21,22). The van der Waals surface area contributed by atoms with E-state index in [1.165, 1.54) is 11.0 Å². The summed E-state index contributed by atoms with van der Waals surface area (Å²) < 4.78 is 0. The van der Waals surface area contributed by atoms with E-state index in [1.807, 2.05) is 13.8 Å². The summed E-state index contributed by atoms with van der Waals surface area (Å²) in [5.74, 6) is -1.35. The van der Waals surface area contributed by atoms with Gasteiger partial charge < -0.3 is 10.0 Å². The number of amides is 1. The van der Waals surface area contributed by atoms with Crippen LogP contribution in [0.15, 0.2) is 30.4 Å². The van der Waals surface area contributed by atoms with Crippen LogP contribution in [0.4, 0.5) is 0 Å². The van der Waals surface area contributed by atoms with Crippen LogP contribution in [0.2, 0.25) is 0 Å². The fourth-order valence-corrected chi connectivity index (χ4v) is 2.48. The van der Waals surface area contributed by atoms with Crippen molar-refractivity contribution in [1.82, 2.24) is 14.9 Å². The van der Waals surface area contributed by atoms with Crippen LogP contribution in [0.25, 0.3) is 11.0 Å². The summed E-state index contributed by atoms with van der Waals surface area (Å²) in [6, 6.07) is 4.15. The SMILES string of the molecule is Cc1nc2ccc(C(=O)N3CC=CC3C(=O)O)cc2nc1C. The van der Waals surface area contributed by atoms with Crippen LogP contribution < -0.4 is 0 Å². The minimum atomic E-state index is -1.03. The number of benzene rings is 1. The average molecular weight is 297 g/mol. The van der Waals surface area contributed by atoms with Crippen molar-refractivity contribution in [3.63, 3.8) is 0 Å². The molecule has 1 atom stereocenters. The fourth-order valence-electron chi connectivity index (χ4n) is 2.48. The van der Waals surface area contributed by atoms with Crippen LogP contribution in [0.3, 0.4) is 0 Å². The molecular weight excluding hydrogens is 282 g/mol. The van der Waals surface area contributed by atoms with Gasteiger partial charge in [-0.25, -0.2) is 14.8 Å². The van der Waals surface area contributed by atoms with Crippen molar-refractivity contribution < 1.29 is 14.7 Å². The second kappa shape index (κ2) is 5.22. The van der Waals surface area contributed by atoms with E-state index in [0.717, 1.165) is 11.4 Å². The summed E-state index contributed by atoms with van der Waals surface area (Å²) in [6.07, 6.45) is 3.21. The van der Waals surface area contributed by atoms with Crippen molar-refractivity contribution in [3.8, 4) is 0 Å². The number of carbonyl (C=O) groups excluding carboxylic acids is 1. The quantitative estimate of drug-likeness (QED) is 0.853. The maximum absolute atomic E-state index is 12.5. The van der Waals surface area contributed by atoms with Crippen molar-refractivity contribution >= 4 is 22.9 Å². The Kier molecular flexibility index (Phi) is 3.36. The largest absolute Gasteiger partial charge is 0.479 e. The van der Waals surface area contributed by atoms with Crippen LogP contribution in [0, 0.1) is 13.8 Å². The van der Waals surface area contributed by atoms with Crippen LogP contribution in [-0.2, 0) is 4.79 Å². The monoisotopic (exact) mass is 297 g/mol. The Bertz CT molecular complexity index is 814. The Labute approximate surface area is 127 Å². The number of hydrogen-bond donors (Lipinski definition) is 1. The summed E-state index contributed by atoms with van der Waals surface area (Å²) in [5, 5.41) is 9.15. The first-order valence-corrected chi connectivity index (χ1v) is 6.93. The molecule has 1 amide bonds. The van der Waals surface area contributed by atoms with Crippen LogP contribution >= 0.6 is 0 Å². The zero-order valence-electron chi connectivity index (χ0n) is 12.3. The highest BCUT2D eigenvalue weighted by atomic mass is 16.4. The van der Waals surface area contributed by atoms with Crippen molar-refractivity contribution in [3.05, 3.63) is 47.3 Å². The van der Waals surface area contributed by atoms with Gasteiger partial charge in [0.05, 0.1) is 22.4 Å². The third-order valence-corrected chi connectivity index (χ3v) is 3.79. The topological polar surface area (TPSA) is 83.4 Å². The second-order valence-corrected chi connectivity index (χ2v) is 5.27. The molecule has 0 saturated carbocycles. The minimum Gasteiger partial charge on any atom is -0.479 e. The summed E-state index contributed by atoms with van der Waals surface area (Å²) in [7, 11) is 0. The van der Waals surface area contributed by atoms with Gasteiger partial charge in [-0.15, -0.1) is 0 Å². The van der Waals surface area contributed by atoms with Gasteiger partial charge in [-0.05, 0) is 32.0 Å². The van der Waals surface area contributed by atoms with Gasteiger partial charge in [0.1, 0.15) is 6.04 Å². The lowest BCUT2D eigenvalue weighted by atomic mass is 10.1. The van der Waals surface area contributed by atoms with E-state index < -0.39 is 12.0 Å². The van der Waals surface area contributed by atoms with Crippen molar-refractivity contribution in [2.24, 2.45) is 0 Å². The maximum atomic E-state index is 12.5. The number of aromatic nitrogens is 2. The lowest BCUT2D eigenvalue weighted by molar-refractivity contribution is -0.140. The summed E-state index contributed by atoms with van der Waals surface area (Å²) in [5.41, 5.74) is 3.42. The van der Waals surface area contributed by atoms with E-state index in [2.05, 4.69) is 9.97 Å². The fraction of sp³-hybridized carbons (Fsp3) is 0.250. The van der Waals surface area contributed by atoms with Gasteiger partial charge in [0.25, 0.3) is 5.91 Å². The highest BCUT2D eigenvalue weighted by Crippen LogP contribution is 2.19. The van der Waals surface area contributed by atoms with Gasteiger partial charge >= 0.3 is 5.97 Å². The van der Waals surface area contributed by atoms with Crippen LogP contribution in [0.5, 0.6) is 0 Å². The van der Waals surface area contributed by atoms with Crippen molar-refractivity contribution in [2.45, 2.75) is 19.9 Å². The molecule has 22 heavy (non-hydrogen) atoms. The molecule has 0 aliphatic carbocycles. The van der Waals surface area contributed by atoms with Gasteiger partial charge in [0.2, 0.25) is 0 Å². The number of carbonyl (C=O) groups is 2. The molecule has 1 aliphatic rings. The third-order valence-electron chi connectivity index (χ3n) is 3.79. The molecule has 1 aliphatic heterocycles. The average Bonchev–Trinajstić information content (AvgIpc) is 2.97. The number of rotatable bonds is 2. The molecule has 1 aromatic carbocycles. The molecule has 0 fully saturated rings. The molecule has 2 aromatic rings. The summed E-state index contributed by atoms with van der Waals surface area (Å²) in [6.45, 7) is 4.04. The molecular formula is C16H15N3O3. The van der Waals surface area contributed by atoms with Crippen LogP contribution in [-0.4, -0.2) is 44.4 Å². The van der Waals surface area contributed by atoms with Gasteiger partial charge in [-0.1, -0.05) is 12.2 Å². The van der Waals surface area contributed by atoms with E-state index in [1.54, 1.807) is 24.3 Å². The molecule has 0 bridgehead atoms. The predicted molar refractivity (Wildman–Crippen MR) is 80.6 cm³/mol. The molecule has 0 spiro atoms. The molecule has 2 heterocycles. The predicted octanol–water partition coefficient (Wildman–Crippen LogP) is 1.71. The first-order chi connectivity index (χ1) is 10.5. The molecule has 112 valence electrons. The number of carboxylic acid groups (broad SMARTS) is 1. The number of carboxylic acids is 1. The number of aryl methyl sites for hydroxylation is 2. The normalized spacial score (nSPS) is 17.2. The van der Waals surface area contributed by atoms with E-state index in [-0.39, 0.29) is 5.91 Å². The van der Waals surface area contributed by atoms with Crippen molar-refractivity contribution in [2.75, 3.05) is 6.54 Å². The van der Waals surface area contributed by atoms with E-state index in [0.29, 0.717) is 23.1 Å². The van der Waals surface area contributed by atoms with Crippen molar-refractivity contribution in [1.29, 1.82) is 0 Å². The Hall–Kier alpha value is -2.76. The first kappa shape index (κ1) is 14.2. The van der Waals surface area contributed by atoms with E-state index >= 15 is 0 Å². The highest BCUT2D eigenvalue weighted by molar-refractivity contribution is 6.00. The zero-order chi connectivity index (χ0) is 15.9. The van der Waals surface area contributed by atoms with Gasteiger partial charge in [-0.2, -0.15) is 0 Å². The number of nitrogens with zero attached hydrogens (tertiary/aromatic N) is 3. The van der Waals surface area contributed by atoms with E-state index in [4.69, 9.17) is 5.11 Å². The molecule has 1 N–H and O–H groups in total. The Morgan fingerprint density at radius 1 is 1.18 bits per heavy atom. The Morgan fingerprint density at radius 3 is 2.55 bits per heavy atom. The maximum Gasteiger partial charge on any atom is 0.330 e. The number of fused-ring (bicyclic) bond motifs is 1. The lowest BCUT2D eigenvalue weighted by Crippen LogP contribution is -2.40. The third kappa shape index (κ3) is 2.32. The summed E-state index contributed by atoms with van der Waals surface area (Å²) >= 11 is 0. The Morgan fingerprint density at radius 2 is 1.86 bits per heavy atom. The molecule has 1 aromatic heterocycles. The highest BCUT2D eigenvalue weighted by Gasteiger charge is 2.30.